The van der Waals surface area contributed by atoms with Crippen molar-refractivity contribution in [2.75, 3.05) is 27.7 Å². The van der Waals surface area contributed by atoms with Gasteiger partial charge in [0.1, 0.15) is 34.5 Å². The summed E-state index contributed by atoms with van der Waals surface area (Å²) in [5.41, 5.74) is -4.02. The summed E-state index contributed by atoms with van der Waals surface area (Å²) >= 11 is 0. The fourth-order valence-corrected chi connectivity index (χ4v) is 6.71. The Morgan fingerprint density at radius 3 is 2.34 bits per heavy atom. The van der Waals surface area contributed by atoms with Crippen LogP contribution in [0.4, 0.5) is 8.78 Å². The summed E-state index contributed by atoms with van der Waals surface area (Å²) in [6.07, 6.45) is -0.180. The summed E-state index contributed by atoms with van der Waals surface area (Å²) in [4.78, 5) is 54.7. The molecule has 3 aliphatic rings. The highest BCUT2D eigenvalue weighted by atomic mass is 19.1. The molecule has 0 aromatic heterocycles. The number of hydrogen-bond acceptors (Lipinski definition) is 10. The molecule has 6 N–H and O–H groups in total. The number of likely N-dealkylation sites (N-methyl/N-ethyl adjacent to an activating group) is 2. The maximum absolute atomic E-state index is 14.0. The largest absolute Gasteiger partial charge is 0.508 e. The SMILES string of the molecule is CNC(=O)C1=C(O)[C@@]2(O)C(=O)C3=C(O)c4c(O)ccc(C(=O)CNCc5c(F)cccc5F)c4C[C@H]3C[C@H]2[C@H](N(C)C)C1=O. The maximum atomic E-state index is 14.0. The van der Waals surface area contributed by atoms with Gasteiger partial charge in [-0.2, -0.15) is 0 Å². The maximum Gasteiger partial charge on any atom is 0.258 e. The number of nitrogens with one attached hydrogen (secondary N) is 2. The van der Waals surface area contributed by atoms with E-state index in [2.05, 4.69) is 10.6 Å². The molecule has 2 aromatic rings. The van der Waals surface area contributed by atoms with Crippen molar-refractivity contribution >= 4 is 29.0 Å². The van der Waals surface area contributed by atoms with Gasteiger partial charge in [0.2, 0.25) is 5.78 Å². The molecule has 4 atom stereocenters. The van der Waals surface area contributed by atoms with Gasteiger partial charge in [-0.3, -0.25) is 24.1 Å². The molecule has 11 nitrogen and oxygen atoms in total. The molecule has 13 heteroatoms. The van der Waals surface area contributed by atoms with Gasteiger partial charge >= 0.3 is 0 Å². The number of hydrogen-bond donors (Lipinski definition) is 6. The van der Waals surface area contributed by atoms with Crippen LogP contribution in [0.25, 0.3) is 5.76 Å². The average molecular weight is 612 g/mol. The van der Waals surface area contributed by atoms with Crippen LogP contribution in [0.1, 0.15) is 33.5 Å². The van der Waals surface area contributed by atoms with Gasteiger partial charge in [0, 0.05) is 36.2 Å². The van der Waals surface area contributed by atoms with Crippen LogP contribution in [0, 0.1) is 23.5 Å². The zero-order valence-electron chi connectivity index (χ0n) is 24.1. The molecule has 232 valence electrons. The Bertz CT molecular complexity index is 1660. The first-order valence-corrected chi connectivity index (χ1v) is 13.8. The van der Waals surface area contributed by atoms with E-state index in [-0.39, 0.29) is 53.8 Å². The lowest BCUT2D eigenvalue weighted by Gasteiger charge is -2.50. The highest BCUT2D eigenvalue weighted by molar-refractivity contribution is 6.25. The van der Waals surface area contributed by atoms with Crippen molar-refractivity contribution in [2.24, 2.45) is 11.8 Å². The minimum Gasteiger partial charge on any atom is -0.508 e. The third-order valence-electron chi connectivity index (χ3n) is 8.76. The number of fused-ring (bicyclic) bond motifs is 3. The Morgan fingerprint density at radius 1 is 1.07 bits per heavy atom. The van der Waals surface area contributed by atoms with Crippen LogP contribution in [-0.2, 0) is 27.3 Å². The van der Waals surface area contributed by atoms with Crippen LogP contribution < -0.4 is 10.6 Å². The molecule has 1 amide bonds. The summed E-state index contributed by atoms with van der Waals surface area (Å²) in [7, 11) is 4.26. The van der Waals surface area contributed by atoms with Gasteiger partial charge < -0.3 is 31.1 Å². The normalized spacial score (nSPS) is 24.7. The van der Waals surface area contributed by atoms with Crippen molar-refractivity contribution in [3.63, 3.8) is 0 Å². The Labute approximate surface area is 250 Å². The average Bonchev–Trinajstić information content (AvgIpc) is 2.96. The minimum atomic E-state index is -2.74. The summed E-state index contributed by atoms with van der Waals surface area (Å²) < 4.78 is 28.0. The smallest absolute Gasteiger partial charge is 0.258 e. The van der Waals surface area contributed by atoms with Crippen molar-refractivity contribution in [3.05, 3.63) is 81.1 Å². The number of aliphatic hydroxyl groups excluding tert-OH is 2. The Hall–Kier alpha value is -4.46. The number of halogens is 2. The van der Waals surface area contributed by atoms with Crippen LogP contribution in [0.15, 0.2) is 47.2 Å². The lowest BCUT2D eigenvalue weighted by atomic mass is 9.57. The number of amides is 1. The third-order valence-corrected chi connectivity index (χ3v) is 8.76. The fourth-order valence-electron chi connectivity index (χ4n) is 6.71. The van der Waals surface area contributed by atoms with E-state index in [9.17, 15) is 48.4 Å². The van der Waals surface area contributed by atoms with Crippen molar-refractivity contribution < 1.29 is 48.4 Å². The number of phenols is 1. The van der Waals surface area contributed by atoms with Crippen LogP contribution in [0.2, 0.25) is 0 Å². The summed E-state index contributed by atoms with van der Waals surface area (Å²) in [5, 5.41) is 49.8. The first-order valence-electron chi connectivity index (χ1n) is 13.8. The second kappa shape index (κ2) is 11.2. The number of ketones is 3. The summed E-state index contributed by atoms with van der Waals surface area (Å²) in [6, 6.07) is 4.67. The van der Waals surface area contributed by atoms with Gasteiger partial charge in [0.05, 0.1) is 18.2 Å². The van der Waals surface area contributed by atoms with Crippen molar-refractivity contribution in [1.29, 1.82) is 0 Å². The number of carbonyl (C=O) groups excluding carboxylic acids is 4. The quantitative estimate of drug-likeness (QED) is 0.199. The third kappa shape index (κ3) is 4.59. The molecule has 1 fully saturated rings. The van der Waals surface area contributed by atoms with Gasteiger partial charge in [-0.05, 0) is 62.7 Å². The van der Waals surface area contributed by atoms with Gasteiger partial charge in [-0.15, -0.1) is 0 Å². The van der Waals surface area contributed by atoms with E-state index < -0.39 is 81.2 Å². The molecule has 44 heavy (non-hydrogen) atoms. The number of aromatic hydroxyl groups is 1. The van der Waals surface area contributed by atoms with Crippen LogP contribution >= 0.6 is 0 Å². The van der Waals surface area contributed by atoms with Crippen molar-refractivity contribution in [2.45, 2.75) is 31.0 Å². The first kappa shape index (κ1) is 31.0. The number of carbonyl (C=O) groups is 4. The Kier molecular flexibility index (Phi) is 7.91. The molecule has 0 radical (unpaired) electrons. The minimum absolute atomic E-state index is 0.0639. The highest BCUT2D eigenvalue weighted by Gasteiger charge is 2.64. The molecule has 0 saturated heterocycles. The Morgan fingerprint density at radius 2 is 1.73 bits per heavy atom. The number of benzene rings is 2. The molecular weight excluding hydrogens is 580 g/mol. The second-order valence-corrected chi connectivity index (χ2v) is 11.4. The van der Waals surface area contributed by atoms with Gasteiger partial charge in [0.15, 0.2) is 17.2 Å². The predicted octanol–water partition coefficient (Wildman–Crippen LogP) is 1.48. The van der Waals surface area contributed by atoms with Gasteiger partial charge in [0.25, 0.3) is 5.91 Å². The van der Waals surface area contributed by atoms with E-state index in [1.165, 1.54) is 38.2 Å². The number of phenolic OH excluding ortho intramolecular Hbond substituents is 1. The molecule has 0 unspecified atom stereocenters. The van der Waals surface area contributed by atoms with Gasteiger partial charge in [-0.1, -0.05) is 6.07 Å². The zero-order chi connectivity index (χ0) is 32.2. The van der Waals surface area contributed by atoms with Gasteiger partial charge in [-0.25, -0.2) is 8.78 Å². The molecule has 5 rings (SSSR count). The lowest BCUT2D eigenvalue weighted by Crippen LogP contribution is -2.65. The molecule has 0 spiro atoms. The molecule has 0 bridgehead atoms. The van der Waals surface area contributed by atoms with Crippen LogP contribution in [-0.4, -0.2) is 87.9 Å². The molecule has 2 aromatic carbocycles. The highest BCUT2D eigenvalue weighted by Crippen LogP contribution is 2.53. The molecule has 0 aliphatic heterocycles. The predicted molar refractivity (Wildman–Crippen MR) is 152 cm³/mol. The lowest BCUT2D eigenvalue weighted by molar-refractivity contribution is -0.153. The van der Waals surface area contributed by atoms with Crippen LogP contribution in [0.3, 0.4) is 0 Å². The van der Waals surface area contributed by atoms with E-state index in [4.69, 9.17) is 0 Å². The van der Waals surface area contributed by atoms with E-state index in [1.54, 1.807) is 0 Å². The van der Waals surface area contributed by atoms with Crippen molar-refractivity contribution in [1.82, 2.24) is 15.5 Å². The summed E-state index contributed by atoms with van der Waals surface area (Å²) in [5.74, 6) is -9.39. The Balaban J connectivity index is 1.55. The molecule has 0 heterocycles. The second-order valence-electron chi connectivity index (χ2n) is 11.4. The number of Topliss-reactive ketones (excluding diaryl/α,β-unsaturated/α-hetero) is 3. The van der Waals surface area contributed by atoms with E-state index >= 15 is 0 Å². The topological polar surface area (TPSA) is 176 Å². The van der Waals surface area contributed by atoms with Crippen molar-refractivity contribution in [3.8, 4) is 5.75 Å². The first-order chi connectivity index (χ1) is 20.7. The molecule has 1 saturated carbocycles. The number of nitrogens with zero attached hydrogens (tertiary/aromatic N) is 1. The zero-order valence-corrected chi connectivity index (χ0v) is 24.1. The van der Waals surface area contributed by atoms with E-state index in [0.717, 1.165) is 18.2 Å². The number of aliphatic hydroxyl groups is 3. The van der Waals surface area contributed by atoms with E-state index in [0.29, 0.717) is 0 Å². The fraction of sp³-hybridized carbons (Fsp3) is 0.355. The molecule has 3 aliphatic carbocycles. The van der Waals surface area contributed by atoms with Crippen LogP contribution in [0.5, 0.6) is 5.75 Å². The monoisotopic (exact) mass is 611 g/mol. The number of rotatable bonds is 7. The van der Waals surface area contributed by atoms with E-state index in [1.807, 2.05) is 0 Å². The molecular formula is C31H31F2N3O8. The standard InChI is InChI=1S/C31H31F2N3O8/c1-34-30(43)24-27(40)25(36(2)3)17-10-13-9-15-14(21(38)12-35-11-16-18(32)5-4-6-19(16)33)7-8-20(37)23(15)26(39)22(13)28(41)31(17,44)29(24)42/h4-8,13,17,25,35,37,39,42,44H,9-12H2,1-3H3,(H,34,43)/t13-,17-,25-,31-/m0/s1. The summed E-state index contributed by atoms with van der Waals surface area (Å²) in [6.45, 7) is -0.640.